The lowest BCUT2D eigenvalue weighted by Crippen LogP contribution is -2.17. The third-order valence-corrected chi connectivity index (χ3v) is 2.37. The minimum absolute atomic E-state index is 0.125. The van der Waals surface area contributed by atoms with E-state index >= 15 is 0 Å². The van der Waals surface area contributed by atoms with E-state index in [4.69, 9.17) is 4.74 Å². The number of ether oxygens (including phenoxy) is 1. The van der Waals surface area contributed by atoms with Gasteiger partial charge in [0.25, 0.3) is 0 Å². The first-order chi connectivity index (χ1) is 5.57. The Kier molecular flexibility index (Phi) is 6.44. The minimum Gasteiger partial charge on any atom is -0.465 e. The molecule has 0 amide bonds. The highest BCUT2D eigenvalue weighted by Gasteiger charge is 2.15. The van der Waals surface area contributed by atoms with Crippen LogP contribution in [0.4, 0.5) is 0 Å². The maximum atomic E-state index is 11.1. The van der Waals surface area contributed by atoms with Crippen molar-refractivity contribution < 1.29 is 9.53 Å². The lowest BCUT2D eigenvalue weighted by atomic mass is 10.1. The molecular formula is C9H17BrO2. The van der Waals surface area contributed by atoms with Crippen molar-refractivity contribution in [2.24, 2.45) is 5.92 Å². The smallest absolute Gasteiger partial charge is 0.319 e. The molecular weight excluding hydrogens is 220 g/mol. The summed E-state index contributed by atoms with van der Waals surface area (Å²) >= 11 is 3.30. The van der Waals surface area contributed by atoms with Crippen LogP contribution in [0.25, 0.3) is 0 Å². The summed E-state index contributed by atoms with van der Waals surface area (Å²) in [6.07, 6.45) is 1.91. The van der Waals surface area contributed by atoms with Crippen molar-refractivity contribution in [2.45, 2.75) is 38.4 Å². The molecule has 2 nitrogen and oxygen atoms in total. The van der Waals surface area contributed by atoms with Gasteiger partial charge in [-0.2, -0.15) is 0 Å². The summed E-state index contributed by atoms with van der Waals surface area (Å²) in [4.78, 5) is 11.0. The van der Waals surface area contributed by atoms with Gasteiger partial charge in [0.05, 0.1) is 6.61 Å². The Hall–Kier alpha value is -0.0500. The Morgan fingerprint density at radius 2 is 2.00 bits per heavy atom. The molecule has 0 heterocycles. The highest BCUT2D eigenvalue weighted by molar-refractivity contribution is 9.10. The molecule has 0 aromatic rings. The lowest BCUT2D eigenvalue weighted by Gasteiger charge is -2.09. The third kappa shape index (κ3) is 5.58. The summed E-state index contributed by atoms with van der Waals surface area (Å²) in [5.74, 6) is 0.498. The standard InChI is InChI=1S/C9H17BrO2/c1-4-12-9(11)8(10)6-5-7(2)3/h7-8H,4-6H2,1-3H3. The van der Waals surface area contributed by atoms with Crippen LogP contribution in [0.1, 0.15) is 33.6 Å². The summed E-state index contributed by atoms with van der Waals surface area (Å²) in [5, 5.41) is 0. The predicted molar refractivity (Wildman–Crippen MR) is 53.4 cm³/mol. The predicted octanol–water partition coefficient (Wildman–Crippen LogP) is 2.75. The topological polar surface area (TPSA) is 26.3 Å². The summed E-state index contributed by atoms with van der Waals surface area (Å²) in [7, 11) is 0. The van der Waals surface area contributed by atoms with Crippen LogP contribution in [0.2, 0.25) is 0 Å². The highest BCUT2D eigenvalue weighted by Crippen LogP contribution is 2.14. The van der Waals surface area contributed by atoms with Gasteiger partial charge in [0, 0.05) is 0 Å². The average molecular weight is 237 g/mol. The summed E-state index contributed by atoms with van der Waals surface area (Å²) in [6, 6.07) is 0. The fourth-order valence-electron chi connectivity index (χ4n) is 0.830. The molecule has 3 heteroatoms. The van der Waals surface area contributed by atoms with Gasteiger partial charge < -0.3 is 4.74 Å². The maximum absolute atomic E-state index is 11.1. The van der Waals surface area contributed by atoms with Gasteiger partial charge >= 0.3 is 5.97 Å². The molecule has 0 aliphatic heterocycles. The van der Waals surface area contributed by atoms with Crippen LogP contribution in [-0.2, 0) is 9.53 Å². The van der Waals surface area contributed by atoms with Gasteiger partial charge in [-0.1, -0.05) is 29.8 Å². The van der Waals surface area contributed by atoms with Crippen molar-refractivity contribution in [1.29, 1.82) is 0 Å². The SMILES string of the molecule is CCOC(=O)C(Br)CCC(C)C. The molecule has 0 spiro atoms. The molecule has 0 radical (unpaired) electrons. The number of carbonyl (C=O) groups excluding carboxylic acids is 1. The molecule has 0 aromatic carbocycles. The van der Waals surface area contributed by atoms with E-state index < -0.39 is 0 Å². The third-order valence-electron chi connectivity index (χ3n) is 1.54. The van der Waals surface area contributed by atoms with Gasteiger partial charge in [0.2, 0.25) is 0 Å². The van der Waals surface area contributed by atoms with Crippen molar-refractivity contribution in [3.63, 3.8) is 0 Å². The van der Waals surface area contributed by atoms with Crippen molar-refractivity contribution in [1.82, 2.24) is 0 Å². The van der Waals surface area contributed by atoms with Crippen LogP contribution in [0, 0.1) is 5.92 Å². The highest BCUT2D eigenvalue weighted by atomic mass is 79.9. The maximum Gasteiger partial charge on any atom is 0.319 e. The molecule has 0 rings (SSSR count). The van der Waals surface area contributed by atoms with Gasteiger partial charge in [0.15, 0.2) is 0 Å². The van der Waals surface area contributed by atoms with Gasteiger partial charge in [-0.15, -0.1) is 0 Å². The zero-order valence-electron chi connectivity index (χ0n) is 7.97. The van der Waals surface area contributed by atoms with E-state index in [-0.39, 0.29) is 10.8 Å². The molecule has 0 saturated heterocycles. The Labute approximate surface area is 82.8 Å². The molecule has 0 saturated carbocycles. The van der Waals surface area contributed by atoms with E-state index in [1.54, 1.807) is 0 Å². The number of carbonyl (C=O) groups is 1. The first-order valence-electron chi connectivity index (χ1n) is 4.38. The minimum atomic E-state index is -0.141. The van der Waals surface area contributed by atoms with E-state index in [1.807, 2.05) is 6.92 Å². The van der Waals surface area contributed by atoms with Crippen molar-refractivity contribution >= 4 is 21.9 Å². The quantitative estimate of drug-likeness (QED) is 0.542. The number of hydrogen-bond donors (Lipinski definition) is 0. The van der Waals surface area contributed by atoms with Gasteiger partial charge in [-0.25, -0.2) is 0 Å². The molecule has 72 valence electrons. The molecule has 0 aromatic heterocycles. The Morgan fingerprint density at radius 1 is 1.42 bits per heavy atom. The monoisotopic (exact) mass is 236 g/mol. The Bertz CT molecular complexity index is 134. The first-order valence-corrected chi connectivity index (χ1v) is 5.30. The zero-order chi connectivity index (χ0) is 9.56. The van der Waals surface area contributed by atoms with E-state index in [2.05, 4.69) is 29.8 Å². The summed E-state index contributed by atoms with van der Waals surface area (Å²) in [5.41, 5.74) is 0. The second kappa shape index (κ2) is 6.46. The molecule has 0 aliphatic carbocycles. The number of rotatable bonds is 5. The number of hydrogen-bond acceptors (Lipinski definition) is 2. The van der Waals surface area contributed by atoms with Crippen LogP contribution in [0.3, 0.4) is 0 Å². The molecule has 1 unspecified atom stereocenters. The van der Waals surface area contributed by atoms with Crippen molar-refractivity contribution in [3.05, 3.63) is 0 Å². The molecule has 0 N–H and O–H groups in total. The van der Waals surface area contributed by atoms with Crippen LogP contribution in [0.15, 0.2) is 0 Å². The molecule has 0 bridgehead atoms. The number of alkyl halides is 1. The molecule has 0 aliphatic rings. The number of halogens is 1. The van der Waals surface area contributed by atoms with Crippen molar-refractivity contribution in [3.8, 4) is 0 Å². The zero-order valence-corrected chi connectivity index (χ0v) is 9.56. The average Bonchev–Trinajstić information content (AvgIpc) is 2.00. The first kappa shape index (κ1) is 11.9. The van der Waals surface area contributed by atoms with E-state index in [1.165, 1.54) is 0 Å². The Morgan fingerprint density at radius 3 is 2.42 bits per heavy atom. The normalized spacial score (nSPS) is 13.1. The lowest BCUT2D eigenvalue weighted by molar-refractivity contribution is -0.142. The van der Waals surface area contributed by atoms with Crippen LogP contribution in [-0.4, -0.2) is 17.4 Å². The molecule has 0 fully saturated rings. The van der Waals surface area contributed by atoms with Crippen LogP contribution in [0.5, 0.6) is 0 Å². The van der Waals surface area contributed by atoms with Gasteiger partial charge in [-0.3, -0.25) is 4.79 Å². The fraction of sp³-hybridized carbons (Fsp3) is 0.889. The second-order valence-electron chi connectivity index (χ2n) is 3.19. The summed E-state index contributed by atoms with van der Waals surface area (Å²) < 4.78 is 4.85. The fourth-order valence-corrected chi connectivity index (χ4v) is 1.23. The van der Waals surface area contributed by atoms with E-state index in [0.29, 0.717) is 12.5 Å². The van der Waals surface area contributed by atoms with E-state index in [9.17, 15) is 4.79 Å². The largest absolute Gasteiger partial charge is 0.465 e. The van der Waals surface area contributed by atoms with Crippen LogP contribution >= 0.6 is 15.9 Å². The van der Waals surface area contributed by atoms with E-state index in [0.717, 1.165) is 12.8 Å². The van der Waals surface area contributed by atoms with Crippen molar-refractivity contribution in [2.75, 3.05) is 6.61 Å². The van der Waals surface area contributed by atoms with Crippen LogP contribution < -0.4 is 0 Å². The summed E-state index contributed by atoms with van der Waals surface area (Å²) in [6.45, 7) is 6.57. The Balaban J connectivity index is 3.56. The number of esters is 1. The molecule has 1 atom stereocenters. The van der Waals surface area contributed by atoms with Gasteiger partial charge in [-0.05, 0) is 25.7 Å². The second-order valence-corrected chi connectivity index (χ2v) is 4.30. The molecule has 12 heavy (non-hydrogen) atoms. The van der Waals surface area contributed by atoms with Gasteiger partial charge in [0.1, 0.15) is 4.83 Å².